The van der Waals surface area contributed by atoms with Crippen molar-refractivity contribution < 1.29 is 4.74 Å². The summed E-state index contributed by atoms with van der Waals surface area (Å²) < 4.78 is 5.60. The molecule has 15 heavy (non-hydrogen) atoms. The van der Waals surface area contributed by atoms with Gasteiger partial charge in [-0.3, -0.25) is 0 Å². The molecule has 4 nitrogen and oxygen atoms in total. The highest BCUT2D eigenvalue weighted by molar-refractivity contribution is 5.46. The van der Waals surface area contributed by atoms with Gasteiger partial charge in [0.15, 0.2) is 5.82 Å². The van der Waals surface area contributed by atoms with Gasteiger partial charge in [0, 0.05) is 26.0 Å². The van der Waals surface area contributed by atoms with E-state index < -0.39 is 0 Å². The van der Waals surface area contributed by atoms with E-state index >= 15 is 0 Å². The third-order valence-electron chi connectivity index (χ3n) is 1.91. The van der Waals surface area contributed by atoms with Crippen LogP contribution in [0.2, 0.25) is 0 Å². The average molecular weight is 209 g/mol. The number of rotatable bonds is 5. The first-order chi connectivity index (χ1) is 7.15. The van der Waals surface area contributed by atoms with Gasteiger partial charge in [-0.2, -0.15) is 0 Å². The van der Waals surface area contributed by atoms with Crippen molar-refractivity contribution in [2.24, 2.45) is 0 Å². The molecular formula is C11H19N3O. The molecule has 0 amide bonds. The molecule has 0 aromatic carbocycles. The molecule has 0 aliphatic heterocycles. The molecule has 0 saturated carbocycles. The minimum absolute atomic E-state index is 0.121. The van der Waals surface area contributed by atoms with Crippen LogP contribution in [0, 0.1) is 0 Å². The summed E-state index contributed by atoms with van der Waals surface area (Å²) in [5, 5.41) is 0. The fourth-order valence-electron chi connectivity index (χ4n) is 1.33. The maximum Gasteiger partial charge on any atom is 0.257 e. The van der Waals surface area contributed by atoms with Gasteiger partial charge in [-0.1, -0.05) is 6.92 Å². The van der Waals surface area contributed by atoms with E-state index in [4.69, 9.17) is 4.74 Å². The standard InChI is InChI=1S/C11H19N3O/c1-5-8-14(4)10-11(15-9(2)3)13-7-6-12-10/h6-7,9H,5,8H2,1-4H3. The topological polar surface area (TPSA) is 38.2 Å². The fourth-order valence-corrected chi connectivity index (χ4v) is 1.33. The second-order valence-corrected chi connectivity index (χ2v) is 3.77. The van der Waals surface area contributed by atoms with E-state index in [0.29, 0.717) is 5.88 Å². The van der Waals surface area contributed by atoms with Gasteiger partial charge in [0.2, 0.25) is 0 Å². The van der Waals surface area contributed by atoms with Gasteiger partial charge in [-0.25, -0.2) is 9.97 Å². The third-order valence-corrected chi connectivity index (χ3v) is 1.91. The summed E-state index contributed by atoms with van der Waals surface area (Å²) in [7, 11) is 2.00. The van der Waals surface area contributed by atoms with Crippen LogP contribution in [0.25, 0.3) is 0 Å². The molecule has 0 unspecified atom stereocenters. The molecule has 0 aliphatic rings. The summed E-state index contributed by atoms with van der Waals surface area (Å²) >= 11 is 0. The lowest BCUT2D eigenvalue weighted by molar-refractivity contribution is 0.232. The van der Waals surface area contributed by atoms with Crippen molar-refractivity contribution in [2.75, 3.05) is 18.5 Å². The van der Waals surface area contributed by atoms with Crippen molar-refractivity contribution in [3.05, 3.63) is 12.4 Å². The van der Waals surface area contributed by atoms with E-state index in [9.17, 15) is 0 Å². The number of ether oxygens (including phenoxy) is 1. The molecule has 0 saturated heterocycles. The van der Waals surface area contributed by atoms with Crippen LogP contribution < -0.4 is 9.64 Å². The lowest BCUT2D eigenvalue weighted by Gasteiger charge is -2.20. The highest BCUT2D eigenvalue weighted by Crippen LogP contribution is 2.22. The second kappa shape index (κ2) is 5.53. The van der Waals surface area contributed by atoms with Crippen LogP contribution in [0.3, 0.4) is 0 Å². The Morgan fingerprint density at radius 1 is 1.33 bits per heavy atom. The summed E-state index contributed by atoms with van der Waals surface area (Å²) in [5.41, 5.74) is 0. The number of anilines is 1. The van der Waals surface area contributed by atoms with Crippen molar-refractivity contribution >= 4 is 5.82 Å². The van der Waals surface area contributed by atoms with Gasteiger partial charge >= 0.3 is 0 Å². The van der Waals surface area contributed by atoms with E-state index in [-0.39, 0.29) is 6.10 Å². The second-order valence-electron chi connectivity index (χ2n) is 3.77. The van der Waals surface area contributed by atoms with Crippen molar-refractivity contribution in [3.63, 3.8) is 0 Å². The molecule has 1 heterocycles. The number of hydrogen-bond acceptors (Lipinski definition) is 4. The van der Waals surface area contributed by atoms with Crippen LogP contribution >= 0.6 is 0 Å². The van der Waals surface area contributed by atoms with Crippen LogP contribution in [0.1, 0.15) is 27.2 Å². The lowest BCUT2D eigenvalue weighted by Crippen LogP contribution is -2.21. The maximum absolute atomic E-state index is 5.60. The number of aromatic nitrogens is 2. The fraction of sp³-hybridized carbons (Fsp3) is 0.636. The maximum atomic E-state index is 5.60. The summed E-state index contributed by atoms with van der Waals surface area (Å²) in [5.74, 6) is 1.43. The third kappa shape index (κ3) is 3.38. The molecule has 84 valence electrons. The number of hydrogen-bond donors (Lipinski definition) is 0. The predicted octanol–water partition coefficient (Wildman–Crippen LogP) is 2.11. The van der Waals surface area contributed by atoms with E-state index in [1.54, 1.807) is 12.4 Å². The summed E-state index contributed by atoms with van der Waals surface area (Å²) in [6.07, 6.45) is 4.54. The zero-order valence-electron chi connectivity index (χ0n) is 9.90. The molecule has 0 fully saturated rings. The Balaban J connectivity index is 2.85. The molecule has 1 rings (SSSR count). The Labute approximate surface area is 91.3 Å². The first-order valence-electron chi connectivity index (χ1n) is 5.34. The smallest absolute Gasteiger partial charge is 0.257 e. The van der Waals surface area contributed by atoms with Gasteiger partial charge < -0.3 is 9.64 Å². The summed E-state index contributed by atoms with van der Waals surface area (Å²) in [6, 6.07) is 0. The van der Waals surface area contributed by atoms with Crippen LogP contribution in [0.5, 0.6) is 5.88 Å². The Morgan fingerprint density at radius 2 is 2.00 bits per heavy atom. The van der Waals surface area contributed by atoms with Crippen LogP contribution in [0.15, 0.2) is 12.4 Å². The molecular weight excluding hydrogens is 190 g/mol. The Morgan fingerprint density at radius 3 is 2.60 bits per heavy atom. The largest absolute Gasteiger partial charge is 0.472 e. The Kier molecular flexibility index (Phi) is 4.34. The molecule has 1 aromatic rings. The zero-order valence-corrected chi connectivity index (χ0v) is 9.90. The Hall–Kier alpha value is -1.32. The minimum atomic E-state index is 0.121. The average Bonchev–Trinajstić information content (AvgIpc) is 2.18. The van der Waals surface area contributed by atoms with E-state index in [1.807, 2.05) is 20.9 Å². The lowest BCUT2D eigenvalue weighted by atomic mass is 10.4. The van der Waals surface area contributed by atoms with Crippen molar-refractivity contribution in [1.82, 2.24) is 9.97 Å². The van der Waals surface area contributed by atoms with Gasteiger partial charge in [0.1, 0.15) is 0 Å². The molecule has 0 N–H and O–H groups in total. The highest BCUT2D eigenvalue weighted by Gasteiger charge is 2.11. The molecule has 1 aromatic heterocycles. The van der Waals surface area contributed by atoms with Crippen molar-refractivity contribution in [1.29, 1.82) is 0 Å². The predicted molar refractivity (Wildman–Crippen MR) is 61.4 cm³/mol. The highest BCUT2D eigenvalue weighted by atomic mass is 16.5. The normalized spacial score (nSPS) is 10.5. The minimum Gasteiger partial charge on any atom is -0.472 e. The van der Waals surface area contributed by atoms with Gasteiger partial charge in [-0.15, -0.1) is 0 Å². The molecule has 4 heteroatoms. The summed E-state index contributed by atoms with van der Waals surface area (Å²) in [6.45, 7) is 7.06. The van der Waals surface area contributed by atoms with Crippen LogP contribution in [-0.4, -0.2) is 29.7 Å². The SMILES string of the molecule is CCCN(C)c1nccnc1OC(C)C. The first-order valence-corrected chi connectivity index (χ1v) is 5.34. The van der Waals surface area contributed by atoms with Crippen molar-refractivity contribution in [2.45, 2.75) is 33.3 Å². The van der Waals surface area contributed by atoms with Gasteiger partial charge in [0.25, 0.3) is 5.88 Å². The van der Waals surface area contributed by atoms with E-state index in [0.717, 1.165) is 18.8 Å². The molecule has 0 spiro atoms. The van der Waals surface area contributed by atoms with Gasteiger partial charge in [-0.05, 0) is 20.3 Å². The van der Waals surface area contributed by atoms with Crippen LogP contribution in [0.4, 0.5) is 5.82 Å². The summed E-state index contributed by atoms with van der Waals surface area (Å²) in [4.78, 5) is 10.5. The van der Waals surface area contributed by atoms with E-state index in [2.05, 4.69) is 21.8 Å². The molecule has 0 aliphatic carbocycles. The monoisotopic (exact) mass is 209 g/mol. The quantitative estimate of drug-likeness (QED) is 0.744. The van der Waals surface area contributed by atoms with Crippen LogP contribution in [-0.2, 0) is 0 Å². The number of nitrogens with zero attached hydrogens (tertiary/aromatic N) is 3. The molecule has 0 bridgehead atoms. The van der Waals surface area contributed by atoms with Gasteiger partial charge in [0.05, 0.1) is 6.10 Å². The molecule has 0 atom stereocenters. The zero-order chi connectivity index (χ0) is 11.3. The van der Waals surface area contributed by atoms with Crippen molar-refractivity contribution in [3.8, 4) is 5.88 Å². The molecule has 0 radical (unpaired) electrons. The van der Waals surface area contributed by atoms with E-state index in [1.165, 1.54) is 0 Å². The Bertz CT molecular complexity index is 302. The first kappa shape index (κ1) is 11.8.